The summed E-state index contributed by atoms with van der Waals surface area (Å²) in [5, 5.41) is 1.08. The number of rotatable bonds is 1. The third kappa shape index (κ3) is 4.62. The SMILES string of the molecule is Clc1cc(Cl)cc(CC(Cl)(Cl)Cl)c1. The van der Waals surface area contributed by atoms with Crippen LogP contribution in [0, 0.1) is 0 Å². The summed E-state index contributed by atoms with van der Waals surface area (Å²) in [5.74, 6) is 0. The van der Waals surface area contributed by atoms with Gasteiger partial charge in [-0.05, 0) is 23.8 Å². The minimum absolute atomic E-state index is 0.290. The van der Waals surface area contributed by atoms with Crippen LogP contribution >= 0.6 is 58.0 Å². The third-order valence-electron chi connectivity index (χ3n) is 1.33. The van der Waals surface area contributed by atoms with Gasteiger partial charge in [0.05, 0.1) is 0 Å². The highest BCUT2D eigenvalue weighted by atomic mass is 35.6. The second kappa shape index (κ2) is 4.46. The molecular formula is C8H5Cl5. The van der Waals surface area contributed by atoms with Crippen molar-refractivity contribution in [1.29, 1.82) is 0 Å². The molecule has 0 bridgehead atoms. The number of benzene rings is 1. The van der Waals surface area contributed by atoms with Crippen molar-refractivity contribution in [2.24, 2.45) is 0 Å². The molecule has 0 radical (unpaired) electrons. The van der Waals surface area contributed by atoms with E-state index in [1.165, 1.54) is 0 Å². The molecule has 1 aromatic rings. The lowest BCUT2D eigenvalue weighted by atomic mass is 10.2. The average molecular weight is 278 g/mol. The van der Waals surface area contributed by atoms with Gasteiger partial charge < -0.3 is 0 Å². The Morgan fingerprint density at radius 2 is 1.38 bits per heavy atom. The smallest absolute Gasteiger partial charge is 0.0843 e. The fourth-order valence-electron chi connectivity index (χ4n) is 0.944. The van der Waals surface area contributed by atoms with Crippen molar-refractivity contribution >= 4 is 58.0 Å². The predicted molar refractivity (Wildman–Crippen MR) is 60.5 cm³/mol. The molecule has 1 rings (SSSR count). The van der Waals surface area contributed by atoms with E-state index < -0.39 is 3.79 Å². The van der Waals surface area contributed by atoms with Gasteiger partial charge in [-0.3, -0.25) is 0 Å². The minimum Gasteiger partial charge on any atom is -0.0843 e. The first-order valence-electron chi connectivity index (χ1n) is 3.38. The van der Waals surface area contributed by atoms with E-state index in [0.717, 1.165) is 5.56 Å². The summed E-state index contributed by atoms with van der Waals surface area (Å²) in [6.45, 7) is 0. The monoisotopic (exact) mass is 276 g/mol. The lowest BCUT2D eigenvalue weighted by molar-refractivity contribution is 1.02. The molecule has 0 aliphatic heterocycles. The summed E-state index contributed by atoms with van der Waals surface area (Å²) in [7, 11) is 0. The van der Waals surface area contributed by atoms with Gasteiger partial charge in [-0.1, -0.05) is 58.0 Å². The van der Waals surface area contributed by atoms with Gasteiger partial charge in [0, 0.05) is 16.5 Å². The number of alkyl halides is 3. The van der Waals surface area contributed by atoms with E-state index in [1.54, 1.807) is 18.2 Å². The van der Waals surface area contributed by atoms with Crippen LogP contribution in [0.2, 0.25) is 10.0 Å². The molecule has 0 fully saturated rings. The summed E-state index contributed by atoms with van der Waals surface area (Å²) in [4.78, 5) is 0. The first kappa shape index (κ1) is 11.7. The third-order valence-corrected chi connectivity index (χ3v) is 2.16. The fourth-order valence-corrected chi connectivity index (χ4v) is 1.98. The Balaban J connectivity index is 2.90. The predicted octanol–water partition coefficient (Wildman–Crippen LogP) is 4.91. The Hall–Kier alpha value is 0.670. The van der Waals surface area contributed by atoms with Crippen LogP contribution in [0.15, 0.2) is 18.2 Å². The zero-order chi connectivity index (χ0) is 10.1. The van der Waals surface area contributed by atoms with Gasteiger partial charge in [0.15, 0.2) is 3.79 Å². The number of hydrogen-bond acceptors (Lipinski definition) is 0. The fraction of sp³-hybridized carbons (Fsp3) is 0.250. The lowest BCUT2D eigenvalue weighted by Gasteiger charge is -2.10. The highest BCUT2D eigenvalue weighted by Gasteiger charge is 2.20. The van der Waals surface area contributed by atoms with E-state index in [9.17, 15) is 0 Å². The van der Waals surface area contributed by atoms with E-state index in [2.05, 4.69) is 0 Å². The van der Waals surface area contributed by atoms with Gasteiger partial charge in [-0.15, -0.1) is 0 Å². The molecule has 0 aliphatic rings. The number of hydrogen-bond donors (Lipinski definition) is 0. The molecule has 0 spiro atoms. The van der Waals surface area contributed by atoms with Gasteiger partial charge in [-0.25, -0.2) is 0 Å². The summed E-state index contributed by atoms with van der Waals surface area (Å²) >= 11 is 28.4. The van der Waals surface area contributed by atoms with Gasteiger partial charge in [0.2, 0.25) is 0 Å². The van der Waals surface area contributed by atoms with Gasteiger partial charge in [-0.2, -0.15) is 0 Å². The second-order valence-corrected chi connectivity index (χ2v) is 5.96. The quantitative estimate of drug-likeness (QED) is 0.641. The van der Waals surface area contributed by atoms with Crippen LogP contribution in [0.3, 0.4) is 0 Å². The summed E-state index contributed by atoms with van der Waals surface area (Å²) in [6.07, 6.45) is 0.290. The average Bonchev–Trinajstić information content (AvgIpc) is 1.78. The van der Waals surface area contributed by atoms with Crippen LogP contribution in [0.1, 0.15) is 5.56 Å². The van der Waals surface area contributed by atoms with E-state index in [1.807, 2.05) is 0 Å². The molecule has 1 aromatic carbocycles. The number of halogens is 5. The second-order valence-electron chi connectivity index (χ2n) is 2.57. The summed E-state index contributed by atoms with van der Waals surface area (Å²) < 4.78 is -1.31. The van der Waals surface area contributed by atoms with Gasteiger partial charge in [0.1, 0.15) is 0 Å². The molecule has 72 valence electrons. The normalized spacial score (nSPS) is 11.8. The maximum absolute atomic E-state index is 5.77. The van der Waals surface area contributed by atoms with Crippen LogP contribution in [-0.2, 0) is 6.42 Å². The van der Waals surface area contributed by atoms with Crippen molar-refractivity contribution in [2.45, 2.75) is 10.2 Å². The Morgan fingerprint density at radius 1 is 0.923 bits per heavy atom. The molecule has 13 heavy (non-hydrogen) atoms. The maximum Gasteiger partial charge on any atom is 0.194 e. The molecule has 0 N–H and O–H groups in total. The molecule has 0 heterocycles. The van der Waals surface area contributed by atoms with E-state index in [0.29, 0.717) is 10.0 Å². The molecule has 0 saturated heterocycles. The standard InChI is InChI=1S/C8H5Cl5/c9-6-1-5(2-7(10)3-6)4-8(11,12)13/h1-3H,4H2. The van der Waals surface area contributed by atoms with E-state index in [-0.39, 0.29) is 6.42 Å². The largest absolute Gasteiger partial charge is 0.194 e. The van der Waals surface area contributed by atoms with E-state index in [4.69, 9.17) is 58.0 Å². The Kier molecular flexibility index (Phi) is 4.03. The molecular weight excluding hydrogens is 273 g/mol. The van der Waals surface area contributed by atoms with Gasteiger partial charge >= 0.3 is 0 Å². The molecule has 0 nitrogen and oxygen atoms in total. The lowest BCUT2D eigenvalue weighted by Crippen LogP contribution is -2.06. The van der Waals surface area contributed by atoms with Crippen LogP contribution in [0.4, 0.5) is 0 Å². The molecule has 0 unspecified atom stereocenters. The first-order chi connectivity index (χ1) is 5.87. The molecule has 0 amide bonds. The van der Waals surface area contributed by atoms with Crippen molar-refractivity contribution in [3.8, 4) is 0 Å². The van der Waals surface area contributed by atoms with Gasteiger partial charge in [0.25, 0.3) is 0 Å². The molecule has 0 saturated carbocycles. The molecule has 0 aromatic heterocycles. The van der Waals surface area contributed by atoms with Crippen molar-refractivity contribution in [2.75, 3.05) is 0 Å². The first-order valence-corrected chi connectivity index (χ1v) is 5.27. The van der Waals surface area contributed by atoms with Crippen molar-refractivity contribution in [3.63, 3.8) is 0 Å². The molecule has 0 atom stereocenters. The van der Waals surface area contributed by atoms with Crippen molar-refractivity contribution in [3.05, 3.63) is 33.8 Å². The summed E-state index contributed by atoms with van der Waals surface area (Å²) in [6, 6.07) is 5.07. The Morgan fingerprint density at radius 3 is 1.77 bits per heavy atom. The van der Waals surface area contributed by atoms with Crippen molar-refractivity contribution in [1.82, 2.24) is 0 Å². The highest BCUT2D eigenvalue weighted by Crippen LogP contribution is 2.32. The van der Waals surface area contributed by atoms with E-state index >= 15 is 0 Å². The van der Waals surface area contributed by atoms with Crippen LogP contribution in [0.25, 0.3) is 0 Å². The van der Waals surface area contributed by atoms with Crippen LogP contribution < -0.4 is 0 Å². The zero-order valence-corrected chi connectivity index (χ0v) is 10.1. The maximum atomic E-state index is 5.77. The Bertz CT molecular complexity index is 282. The molecule has 0 aliphatic carbocycles. The topological polar surface area (TPSA) is 0 Å². The van der Waals surface area contributed by atoms with Crippen LogP contribution in [0.5, 0.6) is 0 Å². The Labute approximate surface area is 102 Å². The summed E-state index contributed by atoms with van der Waals surface area (Å²) in [5.41, 5.74) is 0.803. The van der Waals surface area contributed by atoms with Crippen molar-refractivity contribution < 1.29 is 0 Å². The molecule has 5 heteroatoms. The highest BCUT2D eigenvalue weighted by molar-refractivity contribution is 6.67. The zero-order valence-electron chi connectivity index (χ0n) is 6.33. The minimum atomic E-state index is -1.31. The van der Waals surface area contributed by atoms with Crippen LogP contribution in [-0.4, -0.2) is 3.79 Å².